The van der Waals surface area contributed by atoms with Crippen molar-refractivity contribution in [2.45, 2.75) is 25.4 Å². The fraction of sp³-hybridized carbons (Fsp3) is 0.217. The second-order valence-electron chi connectivity index (χ2n) is 7.50. The maximum absolute atomic E-state index is 13.2. The molecule has 1 amide bonds. The van der Waals surface area contributed by atoms with Crippen molar-refractivity contribution < 1.29 is 19.4 Å². The van der Waals surface area contributed by atoms with Gasteiger partial charge in [0.1, 0.15) is 23.1 Å². The third-order valence-corrected chi connectivity index (χ3v) is 5.92. The number of methoxy groups -OCH3 is 1. The zero-order valence-corrected chi connectivity index (χ0v) is 16.1. The molecule has 0 unspecified atom stereocenters. The Hall–Kier alpha value is -3.54. The minimum absolute atomic E-state index is 0.108. The Labute approximate surface area is 167 Å². The minimum atomic E-state index is -0.626. The van der Waals surface area contributed by atoms with Gasteiger partial charge in [-0.25, -0.2) is 0 Å². The third kappa shape index (κ3) is 2.42. The molecule has 5 rings (SSSR count). The fourth-order valence-corrected chi connectivity index (χ4v) is 4.61. The topological polar surface area (TPSA) is 82.6 Å². The van der Waals surface area contributed by atoms with Gasteiger partial charge in [-0.3, -0.25) is 9.59 Å². The summed E-state index contributed by atoms with van der Waals surface area (Å²) < 4.78 is 5.26. The van der Waals surface area contributed by atoms with Crippen molar-refractivity contribution in [1.29, 1.82) is 0 Å². The predicted octanol–water partition coefficient (Wildman–Crippen LogP) is 3.43. The molecule has 3 aromatic rings. The number of aromatic nitrogens is 1. The average molecular weight is 388 g/mol. The number of para-hydroxylation sites is 1. The highest BCUT2D eigenvalue weighted by molar-refractivity contribution is 6.27. The van der Waals surface area contributed by atoms with Crippen molar-refractivity contribution in [2.75, 3.05) is 7.11 Å². The van der Waals surface area contributed by atoms with Gasteiger partial charge in [-0.05, 0) is 36.2 Å². The van der Waals surface area contributed by atoms with Crippen LogP contribution in [0.3, 0.4) is 0 Å². The number of aromatic amines is 1. The average Bonchev–Trinajstić information content (AvgIpc) is 3.22. The molecule has 0 bridgehead atoms. The molecule has 2 N–H and O–H groups in total. The van der Waals surface area contributed by atoms with Crippen LogP contribution in [0.5, 0.6) is 5.75 Å². The normalized spacial score (nSPS) is 22.6. The number of amides is 1. The Kier molecular flexibility index (Phi) is 3.77. The summed E-state index contributed by atoms with van der Waals surface area (Å²) in [5.41, 5.74) is 3.70. The number of rotatable bonds is 2. The van der Waals surface area contributed by atoms with Gasteiger partial charge in [-0.15, -0.1) is 0 Å². The third-order valence-electron chi connectivity index (χ3n) is 5.92. The van der Waals surface area contributed by atoms with E-state index >= 15 is 0 Å². The molecule has 2 aliphatic rings. The molecule has 6 heteroatoms. The Balaban J connectivity index is 1.75. The van der Waals surface area contributed by atoms with Crippen molar-refractivity contribution >= 4 is 22.6 Å². The largest absolute Gasteiger partial charge is 0.512 e. The first kappa shape index (κ1) is 17.6. The number of aliphatic hydroxyl groups is 1. The summed E-state index contributed by atoms with van der Waals surface area (Å²) in [6, 6.07) is 14.4. The molecule has 2 aliphatic heterocycles. The van der Waals surface area contributed by atoms with E-state index in [0.717, 1.165) is 27.7 Å². The van der Waals surface area contributed by atoms with Crippen molar-refractivity contribution in [1.82, 2.24) is 9.88 Å². The van der Waals surface area contributed by atoms with Crippen molar-refractivity contribution in [3.63, 3.8) is 0 Å². The number of nitrogens with zero attached hydrogens (tertiary/aromatic N) is 1. The van der Waals surface area contributed by atoms with Crippen molar-refractivity contribution in [2.24, 2.45) is 0 Å². The van der Waals surface area contributed by atoms with Crippen LogP contribution in [-0.2, 0) is 16.0 Å². The molecule has 1 fully saturated rings. The number of H-pyrrole nitrogens is 1. The number of carbonyl (C=O) groups excluding carboxylic acids is 2. The van der Waals surface area contributed by atoms with Gasteiger partial charge in [-0.1, -0.05) is 30.3 Å². The van der Waals surface area contributed by atoms with E-state index in [0.29, 0.717) is 12.2 Å². The maximum Gasteiger partial charge on any atom is 0.262 e. The van der Waals surface area contributed by atoms with E-state index in [1.807, 2.05) is 48.5 Å². The van der Waals surface area contributed by atoms with Gasteiger partial charge in [-0.2, -0.15) is 0 Å². The molecule has 2 aromatic carbocycles. The zero-order valence-electron chi connectivity index (χ0n) is 16.1. The monoisotopic (exact) mass is 388 g/mol. The van der Waals surface area contributed by atoms with E-state index in [9.17, 15) is 14.7 Å². The lowest BCUT2D eigenvalue weighted by molar-refractivity contribution is -0.129. The van der Waals surface area contributed by atoms with Gasteiger partial charge >= 0.3 is 0 Å². The van der Waals surface area contributed by atoms with Gasteiger partial charge < -0.3 is 19.7 Å². The summed E-state index contributed by atoms with van der Waals surface area (Å²) in [7, 11) is 1.60. The molecule has 0 aliphatic carbocycles. The zero-order chi connectivity index (χ0) is 20.3. The molecule has 0 radical (unpaired) electrons. The molecule has 3 heterocycles. The molecule has 0 saturated carbocycles. The Morgan fingerprint density at radius 1 is 1.14 bits per heavy atom. The number of hydrogen-bond donors (Lipinski definition) is 2. The summed E-state index contributed by atoms with van der Waals surface area (Å²) in [5, 5.41) is 11.0. The summed E-state index contributed by atoms with van der Waals surface area (Å²) in [6.45, 7) is 1.39. The summed E-state index contributed by atoms with van der Waals surface area (Å²) in [6.07, 6.45) is 0.424. The van der Waals surface area contributed by atoms with Gasteiger partial charge in [0.25, 0.3) is 5.91 Å². The number of allylic oxidation sites excluding steroid dienone is 1. The second-order valence-corrected chi connectivity index (χ2v) is 7.50. The Bertz CT molecular complexity index is 1190. The molecule has 1 saturated heterocycles. The lowest BCUT2D eigenvalue weighted by Crippen LogP contribution is -2.44. The quantitative estimate of drug-likeness (QED) is 0.400. The number of ether oxygens (including phenoxy) is 1. The van der Waals surface area contributed by atoms with Crippen molar-refractivity contribution in [3.05, 3.63) is 76.7 Å². The number of nitrogens with one attached hydrogen (secondary N) is 1. The molecule has 146 valence electrons. The summed E-state index contributed by atoms with van der Waals surface area (Å²) in [5.74, 6) is -0.250. The smallest absolute Gasteiger partial charge is 0.262 e. The van der Waals surface area contributed by atoms with Crippen LogP contribution in [-0.4, -0.2) is 39.8 Å². The summed E-state index contributed by atoms with van der Waals surface area (Å²) >= 11 is 0. The van der Waals surface area contributed by atoms with Crippen LogP contribution in [0, 0.1) is 0 Å². The van der Waals surface area contributed by atoms with Crippen LogP contribution in [0.25, 0.3) is 10.9 Å². The number of carbonyl (C=O) groups is 2. The molecular formula is C23H20N2O4. The number of fused-ring (bicyclic) bond motifs is 4. The van der Waals surface area contributed by atoms with Gasteiger partial charge in [0, 0.05) is 23.0 Å². The van der Waals surface area contributed by atoms with E-state index in [-0.39, 0.29) is 17.1 Å². The standard InChI is InChI=1S/C23H20N2O4/c1-12(26)19-22(27)18-11-16-15-5-3-4-6-17(15)24-20(16)21(25(18)23(19)28)13-7-9-14(29-2)10-8-13/h3-10,18,21,24,26H,11H2,1-2H3/b19-12-/t18-,21-/m0/s1. The predicted molar refractivity (Wildman–Crippen MR) is 108 cm³/mol. The number of ketones is 1. The van der Waals surface area contributed by atoms with E-state index in [1.54, 1.807) is 12.0 Å². The van der Waals surface area contributed by atoms with E-state index in [4.69, 9.17) is 4.74 Å². The first-order chi connectivity index (χ1) is 14.0. The number of hydrogen-bond acceptors (Lipinski definition) is 4. The fourth-order valence-electron chi connectivity index (χ4n) is 4.61. The number of Topliss-reactive ketones (excluding diaryl/α,β-unsaturated/α-hetero) is 1. The number of benzene rings is 2. The van der Waals surface area contributed by atoms with Crippen LogP contribution in [0.15, 0.2) is 59.9 Å². The first-order valence-corrected chi connectivity index (χ1v) is 9.51. The van der Waals surface area contributed by atoms with Crippen LogP contribution in [0.4, 0.5) is 0 Å². The van der Waals surface area contributed by atoms with Crippen LogP contribution >= 0.6 is 0 Å². The lowest BCUT2D eigenvalue weighted by Gasteiger charge is -2.37. The van der Waals surface area contributed by atoms with E-state index < -0.39 is 18.0 Å². The van der Waals surface area contributed by atoms with Gasteiger partial charge in [0.15, 0.2) is 5.78 Å². The summed E-state index contributed by atoms with van der Waals surface area (Å²) in [4.78, 5) is 31.3. The Morgan fingerprint density at radius 3 is 2.55 bits per heavy atom. The van der Waals surface area contributed by atoms with Crippen LogP contribution < -0.4 is 4.74 Å². The molecule has 6 nitrogen and oxygen atoms in total. The number of aliphatic hydroxyl groups excluding tert-OH is 1. The second kappa shape index (κ2) is 6.24. The highest BCUT2D eigenvalue weighted by atomic mass is 16.5. The molecule has 1 aromatic heterocycles. The minimum Gasteiger partial charge on any atom is -0.512 e. The van der Waals surface area contributed by atoms with Crippen LogP contribution in [0.1, 0.15) is 29.8 Å². The first-order valence-electron chi connectivity index (χ1n) is 9.51. The highest BCUT2D eigenvalue weighted by Gasteiger charge is 2.51. The van der Waals surface area contributed by atoms with Gasteiger partial charge in [0.05, 0.1) is 13.2 Å². The lowest BCUT2D eigenvalue weighted by atomic mass is 9.88. The molecule has 2 atom stereocenters. The Morgan fingerprint density at radius 2 is 1.86 bits per heavy atom. The molecule has 29 heavy (non-hydrogen) atoms. The highest BCUT2D eigenvalue weighted by Crippen LogP contribution is 2.45. The van der Waals surface area contributed by atoms with Crippen LogP contribution in [0.2, 0.25) is 0 Å². The SMILES string of the molecule is COc1ccc([C@H]2c3[nH]c4ccccc4c3C[C@H]3C(=O)/C(=C(\C)O)C(=O)N23)cc1. The van der Waals surface area contributed by atoms with E-state index in [2.05, 4.69) is 4.98 Å². The maximum atomic E-state index is 13.2. The van der Waals surface area contributed by atoms with Crippen molar-refractivity contribution in [3.8, 4) is 5.75 Å². The molecular weight excluding hydrogens is 368 g/mol. The van der Waals surface area contributed by atoms with E-state index in [1.165, 1.54) is 6.92 Å². The molecule has 0 spiro atoms. The van der Waals surface area contributed by atoms with Gasteiger partial charge in [0.2, 0.25) is 0 Å².